The van der Waals surface area contributed by atoms with Gasteiger partial charge >= 0.3 is 0 Å². The van der Waals surface area contributed by atoms with Crippen LogP contribution in [0.5, 0.6) is 17.2 Å². The van der Waals surface area contributed by atoms with E-state index in [1.165, 1.54) is 5.56 Å². The molecule has 2 aliphatic rings. The van der Waals surface area contributed by atoms with E-state index in [0.29, 0.717) is 36.0 Å². The number of carbonyl (C=O) groups excluding carboxylic acids is 1. The number of Topliss-reactive ketones (excluding diaryl/α,β-unsaturated/α-hetero) is 1. The van der Waals surface area contributed by atoms with E-state index in [1.54, 1.807) is 12.1 Å². The molecule has 5 nitrogen and oxygen atoms in total. The number of fused-ring (bicyclic) bond motifs is 2. The molecule has 0 atom stereocenters. The molecule has 0 amide bonds. The van der Waals surface area contributed by atoms with Crippen LogP contribution in [0.4, 0.5) is 0 Å². The molecule has 0 saturated carbocycles. The predicted octanol–water partition coefficient (Wildman–Crippen LogP) is 7.12. The maximum atomic E-state index is 13.1. The Balaban J connectivity index is 1.36. The van der Waals surface area contributed by atoms with E-state index in [-0.39, 0.29) is 18.0 Å². The maximum Gasteiger partial charge on any atom is 0.232 e. The van der Waals surface area contributed by atoms with Crippen molar-refractivity contribution >= 4 is 27.8 Å². The second-order valence-electron chi connectivity index (χ2n) is 9.88. The topological polar surface area (TPSA) is 54.0 Å². The van der Waals surface area contributed by atoms with Crippen molar-refractivity contribution in [2.45, 2.75) is 46.3 Å². The number of carbonyl (C=O) groups is 1. The van der Waals surface area contributed by atoms with Gasteiger partial charge in [-0.05, 0) is 53.3 Å². The fourth-order valence-electron chi connectivity index (χ4n) is 4.32. The number of ketones is 1. The smallest absolute Gasteiger partial charge is 0.232 e. The number of hydrogen-bond donors (Lipinski definition) is 0. The van der Waals surface area contributed by atoms with Crippen LogP contribution in [0.2, 0.25) is 0 Å². The first-order valence-corrected chi connectivity index (χ1v) is 12.3. The number of ether oxygens (including phenoxy) is 4. The van der Waals surface area contributed by atoms with Crippen LogP contribution < -0.4 is 14.2 Å². The van der Waals surface area contributed by atoms with E-state index in [2.05, 4.69) is 48.8 Å². The quantitative estimate of drug-likeness (QED) is 0.333. The maximum absolute atomic E-state index is 13.1. The molecule has 3 aromatic rings. The average Bonchev–Trinajstić information content (AvgIpc) is 3.12. The van der Waals surface area contributed by atoms with Crippen LogP contribution in [0.25, 0.3) is 6.08 Å². The molecule has 180 valence electrons. The minimum absolute atomic E-state index is 0.0735. The Labute approximate surface area is 213 Å². The van der Waals surface area contributed by atoms with Gasteiger partial charge in [0, 0.05) is 21.7 Å². The Kier molecular flexibility index (Phi) is 6.20. The van der Waals surface area contributed by atoms with Gasteiger partial charge in [0.05, 0.1) is 12.2 Å². The lowest BCUT2D eigenvalue weighted by Gasteiger charge is -2.21. The average molecular weight is 535 g/mol. The SMILES string of the molecule is Cc1cc(OCc2cc(Br)cc3c2OCOC3)cc2c1C(=O)/C(=C/c1ccc(C(C)(C)C)cc1)O2. The van der Waals surface area contributed by atoms with Gasteiger partial charge < -0.3 is 18.9 Å². The Morgan fingerprint density at radius 1 is 1.09 bits per heavy atom. The summed E-state index contributed by atoms with van der Waals surface area (Å²) in [6.07, 6.45) is 1.79. The fourth-order valence-corrected chi connectivity index (χ4v) is 4.87. The number of halogens is 1. The zero-order chi connectivity index (χ0) is 24.7. The van der Waals surface area contributed by atoms with Gasteiger partial charge in [0.15, 0.2) is 12.6 Å². The summed E-state index contributed by atoms with van der Waals surface area (Å²) in [5.74, 6) is 2.15. The van der Waals surface area contributed by atoms with Crippen molar-refractivity contribution in [1.82, 2.24) is 0 Å². The van der Waals surface area contributed by atoms with Crippen LogP contribution >= 0.6 is 15.9 Å². The fraction of sp³-hybridized carbons (Fsp3) is 0.276. The number of aryl methyl sites for hydroxylation is 1. The van der Waals surface area contributed by atoms with E-state index in [9.17, 15) is 4.79 Å². The molecule has 0 N–H and O–H groups in total. The summed E-state index contributed by atoms with van der Waals surface area (Å²) in [6.45, 7) is 9.47. The predicted molar refractivity (Wildman–Crippen MR) is 138 cm³/mol. The molecule has 0 radical (unpaired) electrons. The van der Waals surface area contributed by atoms with Crippen LogP contribution in [-0.4, -0.2) is 12.6 Å². The molecule has 0 aromatic heterocycles. The molecular formula is C29H27BrO5. The zero-order valence-corrected chi connectivity index (χ0v) is 21.8. The molecule has 3 aromatic carbocycles. The van der Waals surface area contributed by atoms with E-state index in [0.717, 1.165) is 32.5 Å². The highest BCUT2D eigenvalue weighted by Crippen LogP contribution is 2.39. The van der Waals surface area contributed by atoms with Gasteiger partial charge in [-0.25, -0.2) is 0 Å². The first-order chi connectivity index (χ1) is 16.7. The Morgan fingerprint density at radius 3 is 2.60 bits per heavy atom. The first-order valence-electron chi connectivity index (χ1n) is 11.5. The standard InChI is InChI=1S/C29H27BrO5/c1-17-9-23(33-15-20-12-22(30)11-19-14-32-16-34-28(19)20)13-24-26(17)27(31)25(35-24)10-18-5-7-21(8-6-18)29(2,3)4/h5-13H,14-16H2,1-4H3/b25-10-. The van der Waals surface area contributed by atoms with Crippen molar-refractivity contribution in [1.29, 1.82) is 0 Å². The van der Waals surface area contributed by atoms with E-state index in [1.807, 2.05) is 37.3 Å². The van der Waals surface area contributed by atoms with Crippen LogP contribution in [0.15, 0.2) is 58.8 Å². The second-order valence-corrected chi connectivity index (χ2v) is 10.8. The summed E-state index contributed by atoms with van der Waals surface area (Å²) in [4.78, 5) is 13.1. The van der Waals surface area contributed by atoms with Crippen molar-refractivity contribution in [2.75, 3.05) is 6.79 Å². The zero-order valence-electron chi connectivity index (χ0n) is 20.2. The number of rotatable bonds is 4. The summed E-state index contributed by atoms with van der Waals surface area (Å²) in [5, 5.41) is 0. The first kappa shape index (κ1) is 23.6. The molecule has 0 fully saturated rings. The van der Waals surface area contributed by atoms with Crippen molar-refractivity contribution in [3.8, 4) is 17.2 Å². The second kappa shape index (κ2) is 9.17. The third-order valence-corrected chi connectivity index (χ3v) is 6.62. The lowest BCUT2D eigenvalue weighted by Crippen LogP contribution is -2.14. The largest absolute Gasteiger partial charge is 0.489 e. The van der Waals surface area contributed by atoms with Gasteiger partial charge in [-0.3, -0.25) is 4.79 Å². The molecule has 0 bridgehead atoms. The Morgan fingerprint density at radius 2 is 1.86 bits per heavy atom. The van der Waals surface area contributed by atoms with Gasteiger partial charge in [0.2, 0.25) is 5.78 Å². The molecule has 0 aliphatic carbocycles. The van der Waals surface area contributed by atoms with Crippen LogP contribution in [0.3, 0.4) is 0 Å². The third-order valence-electron chi connectivity index (χ3n) is 6.16. The minimum atomic E-state index is -0.113. The summed E-state index contributed by atoms with van der Waals surface area (Å²) in [7, 11) is 0. The molecule has 0 unspecified atom stereocenters. The van der Waals surface area contributed by atoms with Gasteiger partial charge in [-0.2, -0.15) is 0 Å². The van der Waals surface area contributed by atoms with Gasteiger partial charge in [0.1, 0.15) is 23.9 Å². The number of allylic oxidation sites excluding steroid dienone is 1. The van der Waals surface area contributed by atoms with Gasteiger partial charge in [-0.1, -0.05) is 61.0 Å². The summed E-state index contributed by atoms with van der Waals surface area (Å²) >= 11 is 3.54. The normalized spacial score (nSPS) is 15.9. The number of hydrogen-bond acceptors (Lipinski definition) is 5. The lowest BCUT2D eigenvalue weighted by atomic mass is 9.86. The summed E-state index contributed by atoms with van der Waals surface area (Å²) in [6, 6.07) is 15.8. The summed E-state index contributed by atoms with van der Waals surface area (Å²) < 4.78 is 24.1. The van der Waals surface area contributed by atoms with Crippen LogP contribution in [0, 0.1) is 6.92 Å². The van der Waals surface area contributed by atoms with Crippen LogP contribution in [0.1, 0.15) is 58.9 Å². The molecule has 0 saturated heterocycles. The monoisotopic (exact) mass is 534 g/mol. The van der Waals surface area contributed by atoms with E-state index in [4.69, 9.17) is 18.9 Å². The molecule has 35 heavy (non-hydrogen) atoms. The Bertz CT molecular complexity index is 1330. The van der Waals surface area contributed by atoms with Gasteiger partial charge in [0.25, 0.3) is 0 Å². The molecule has 6 heteroatoms. The molecule has 0 spiro atoms. The highest BCUT2D eigenvalue weighted by atomic mass is 79.9. The lowest BCUT2D eigenvalue weighted by molar-refractivity contribution is -0.0176. The Hall–Kier alpha value is -3.09. The molecule has 2 heterocycles. The van der Waals surface area contributed by atoms with E-state index < -0.39 is 0 Å². The molecule has 2 aliphatic heterocycles. The van der Waals surface area contributed by atoms with Gasteiger partial charge in [-0.15, -0.1) is 0 Å². The minimum Gasteiger partial charge on any atom is -0.489 e. The highest BCUT2D eigenvalue weighted by molar-refractivity contribution is 9.10. The van der Waals surface area contributed by atoms with Crippen molar-refractivity contribution in [3.05, 3.63) is 92.1 Å². The van der Waals surface area contributed by atoms with Crippen molar-refractivity contribution in [3.63, 3.8) is 0 Å². The third kappa shape index (κ3) is 4.86. The van der Waals surface area contributed by atoms with Crippen molar-refractivity contribution in [2.24, 2.45) is 0 Å². The molecule has 5 rings (SSSR count). The highest BCUT2D eigenvalue weighted by Gasteiger charge is 2.30. The molecular weight excluding hydrogens is 508 g/mol. The van der Waals surface area contributed by atoms with Crippen LogP contribution in [-0.2, 0) is 23.4 Å². The van der Waals surface area contributed by atoms with Crippen molar-refractivity contribution < 1.29 is 23.7 Å². The summed E-state index contributed by atoms with van der Waals surface area (Å²) in [5.41, 5.74) is 5.53. The van der Waals surface area contributed by atoms with E-state index >= 15 is 0 Å². The number of benzene rings is 3.